The van der Waals surface area contributed by atoms with Crippen LogP contribution in [0.15, 0.2) is 128 Å². The fourth-order valence-corrected chi connectivity index (χ4v) is 5.18. The standard InChI is InChI=1S/C35H30N2O3/c38-35(37-32-16-8-7-14-28(32)17-20-33(37)29-15-9-21-36-23-29)31-19-18-30(39-24-26-10-3-1-4-11-26)22-34(31)40-25-27-12-5-2-6-13-27/h1-16,18-19,21-23,33H,17,20,24-25H2. The maximum Gasteiger partial charge on any atom is 0.262 e. The van der Waals surface area contributed by atoms with Gasteiger partial charge in [-0.15, -0.1) is 0 Å². The van der Waals surface area contributed by atoms with Gasteiger partial charge in [0.25, 0.3) is 5.91 Å². The van der Waals surface area contributed by atoms with Gasteiger partial charge in [-0.3, -0.25) is 9.78 Å². The lowest BCUT2D eigenvalue weighted by Gasteiger charge is -2.37. The highest BCUT2D eigenvalue weighted by Gasteiger charge is 2.34. The Hall–Kier alpha value is -4.90. The van der Waals surface area contributed by atoms with Crippen molar-refractivity contribution < 1.29 is 14.3 Å². The van der Waals surface area contributed by atoms with Crippen LogP contribution in [0.1, 0.15) is 45.1 Å². The van der Waals surface area contributed by atoms with E-state index in [2.05, 4.69) is 11.1 Å². The number of ether oxygens (including phenoxy) is 2. The smallest absolute Gasteiger partial charge is 0.262 e. The maximum atomic E-state index is 14.5. The zero-order chi connectivity index (χ0) is 27.1. The number of aryl methyl sites for hydroxylation is 1. The Morgan fingerprint density at radius 3 is 2.20 bits per heavy atom. The quantitative estimate of drug-likeness (QED) is 0.209. The Labute approximate surface area is 234 Å². The molecular weight excluding hydrogens is 496 g/mol. The van der Waals surface area contributed by atoms with Crippen LogP contribution in [0.3, 0.4) is 0 Å². The lowest BCUT2D eigenvalue weighted by atomic mass is 9.91. The zero-order valence-corrected chi connectivity index (χ0v) is 22.1. The van der Waals surface area contributed by atoms with E-state index in [4.69, 9.17) is 9.47 Å². The molecule has 1 aliphatic rings. The number of hydrogen-bond donors (Lipinski definition) is 0. The molecule has 0 saturated heterocycles. The van der Waals surface area contributed by atoms with Gasteiger partial charge in [0, 0.05) is 24.1 Å². The summed E-state index contributed by atoms with van der Waals surface area (Å²) in [6, 6.07) is 37.4. The molecule has 6 rings (SSSR count). The molecule has 5 nitrogen and oxygen atoms in total. The molecule has 0 saturated carbocycles. The SMILES string of the molecule is O=C(c1ccc(OCc2ccccc2)cc1OCc1ccccc1)N1c2ccccc2CCC1c1cccnc1. The van der Waals surface area contributed by atoms with E-state index >= 15 is 0 Å². The summed E-state index contributed by atoms with van der Waals surface area (Å²) in [6.45, 7) is 0.765. The maximum absolute atomic E-state index is 14.5. The first-order valence-electron chi connectivity index (χ1n) is 13.5. The van der Waals surface area contributed by atoms with Crippen molar-refractivity contribution in [2.24, 2.45) is 0 Å². The second kappa shape index (κ2) is 11.9. The highest BCUT2D eigenvalue weighted by atomic mass is 16.5. The van der Waals surface area contributed by atoms with Gasteiger partial charge in [0.2, 0.25) is 0 Å². The van der Waals surface area contributed by atoms with Gasteiger partial charge in [-0.05, 0) is 59.4 Å². The fourth-order valence-electron chi connectivity index (χ4n) is 5.18. The third-order valence-corrected chi connectivity index (χ3v) is 7.21. The number of hydrogen-bond acceptors (Lipinski definition) is 4. The molecule has 1 amide bonds. The van der Waals surface area contributed by atoms with Crippen LogP contribution >= 0.6 is 0 Å². The van der Waals surface area contributed by atoms with Gasteiger partial charge < -0.3 is 14.4 Å². The van der Waals surface area contributed by atoms with Crippen molar-refractivity contribution in [1.82, 2.24) is 4.98 Å². The second-order valence-electron chi connectivity index (χ2n) is 9.85. The van der Waals surface area contributed by atoms with Gasteiger partial charge in [0.1, 0.15) is 24.7 Å². The summed E-state index contributed by atoms with van der Waals surface area (Å²) in [4.78, 5) is 20.7. The molecule has 0 bridgehead atoms. The minimum Gasteiger partial charge on any atom is -0.489 e. The van der Waals surface area contributed by atoms with Gasteiger partial charge in [-0.25, -0.2) is 0 Å². The highest BCUT2D eigenvalue weighted by molar-refractivity contribution is 6.09. The Balaban J connectivity index is 1.36. The van der Waals surface area contributed by atoms with E-state index in [1.165, 1.54) is 0 Å². The van der Waals surface area contributed by atoms with E-state index < -0.39 is 0 Å². The zero-order valence-electron chi connectivity index (χ0n) is 22.1. The van der Waals surface area contributed by atoms with E-state index in [1.54, 1.807) is 6.20 Å². The Bertz CT molecular complexity index is 1570. The molecule has 198 valence electrons. The second-order valence-corrected chi connectivity index (χ2v) is 9.85. The van der Waals surface area contributed by atoms with E-state index in [0.29, 0.717) is 30.3 Å². The molecule has 0 fully saturated rings. The first-order valence-corrected chi connectivity index (χ1v) is 13.5. The summed E-state index contributed by atoms with van der Waals surface area (Å²) in [5.74, 6) is 1.03. The molecule has 1 aliphatic heterocycles. The molecule has 1 unspecified atom stereocenters. The van der Waals surface area contributed by atoms with Crippen LogP contribution < -0.4 is 14.4 Å². The monoisotopic (exact) mass is 526 g/mol. The van der Waals surface area contributed by atoms with Gasteiger partial charge >= 0.3 is 0 Å². The molecule has 1 aromatic heterocycles. The minimum atomic E-state index is -0.132. The number of carbonyl (C=O) groups excluding carboxylic acids is 1. The molecule has 2 heterocycles. The van der Waals surface area contributed by atoms with Crippen molar-refractivity contribution in [2.75, 3.05) is 4.90 Å². The number of anilines is 1. The van der Waals surface area contributed by atoms with Gasteiger partial charge in [0.15, 0.2) is 0 Å². The average molecular weight is 527 g/mol. The summed E-state index contributed by atoms with van der Waals surface area (Å²) in [5, 5.41) is 0. The molecule has 0 N–H and O–H groups in total. The molecule has 40 heavy (non-hydrogen) atoms. The average Bonchev–Trinajstić information content (AvgIpc) is 3.03. The van der Waals surface area contributed by atoms with Crippen LogP contribution in [0.5, 0.6) is 11.5 Å². The number of benzene rings is 4. The van der Waals surface area contributed by atoms with Crippen molar-refractivity contribution in [2.45, 2.75) is 32.1 Å². The summed E-state index contributed by atoms with van der Waals surface area (Å²) in [5.41, 5.74) is 5.68. The van der Waals surface area contributed by atoms with Crippen LogP contribution in [-0.4, -0.2) is 10.9 Å². The van der Waals surface area contributed by atoms with Crippen LogP contribution in [0.2, 0.25) is 0 Å². The molecule has 0 radical (unpaired) electrons. The van der Waals surface area contributed by atoms with Crippen molar-refractivity contribution in [3.05, 3.63) is 155 Å². The molecule has 5 aromatic rings. The summed E-state index contributed by atoms with van der Waals surface area (Å²) in [7, 11) is 0. The lowest BCUT2D eigenvalue weighted by molar-refractivity contribution is 0.0968. The number of pyridine rings is 1. The Morgan fingerprint density at radius 2 is 1.48 bits per heavy atom. The van der Waals surface area contributed by atoms with Crippen molar-refractivity contribution in [3.63, 3.8) is 0 Å². The largest absolute Gasteiger partial charge is 0.489 e. The first-order chi connectivity index (χ1) is 19.8. The van der Waals surface area contributed by atoms with Crippen molar-refractivity contribution in [1.29, 1.82) is 0 Å². The Kier molecular flexibility index (Phi) is 7.53. The number of rotatable bonds is 8. The summed E-state index contributed by atoms with van der Waals surface area (Å²) < 4.78 is 12.4. The number of nitrogens with zero attached hydrogens (tertiary/aromatic N) is 2. The molecular formula is C35H30N2O3. The molecule has 0 spiro atoms. The van der Waals surface area contributed by atoms with E-state index in [1.807, 2.05) is 120 Å². The fraction of sp³-hybridized carbons (Fsp3) is 0.143. The van der Waals surface area contributed by atoms with Crippen LogP contribution in [0.25, 0.3) is 0 Å². The Morgan fingerprint density at radius 1 is 0.775 bits per heavy atom. The predicted octanol–water partition coefficient (Wildman–Crippen LogP) is 7.57. The topological polar surface area (TPSA) is 51.7 Å². The number of carbonyl (C=O) groups is 1. The van der Waals surface area contributed by atoms with Crippen LogP contribution in [-0.2, 0) is 19.6 Å². The normalized spacial score (nSPS) is 14.3. The lowest BCUT2D eigenvalue weighted by Crippen LogP contribution is -2.38. The van der Waals surface area contributed by atoms with Crippen LogP contribution in [0, 0.1) is 0 Å². The minimum absolute atomic E-state index is 0.112. The highest BCUT2D eigenvalue weighted by Crippen LogP contribution is 2.40. The first kappa shape index (κ1) is 25.4. The number of amides is 1. The molecule has 1 atom stereocenters. The van der Waals surface area contributed by atoms with Gasteiger partial charge in [-0.1, -0.05) is 84.9 Å². The third-order valence-electron chi connectivity index (χ3n) is 7.21. The third kappa shape index (κ3) is 5.59. The van der Waals surface area contributed by atoms with E-state index in [9.17, 15) is 4.79 Å². The van der Waals surface area contributed by atoms with E-state index in [-0.39, 0.29) is 11.9 Å². The molecule has 4 aromatic carbocycles. The van der Waals surface area contributed by atoms with Gasteiger partial charge in [-0.2, -0.15) is 0 Å². The number of para-hydroxylation sites is 1. The molecule has 5 heteroatoms. The van der Waals surface area contributed by atoms with Crippen molar-refractivity contribution in [3.8, 4) is 11.5 Å². The van der Waals surface area contributed by atoms with E-state index in [0.717, 1.165) is 40.8 Å². The summed E-state index contributed by atoms with van der Waals surface area (Å²) in [6.07, 6.45) is 5.32. The molecule has 0 aliphatic carbocycles. The van der Waals surface area contributed by atoms with Gasteiger partial charge in [0.05, 0.1) is 11.6 Å². The predicted molar refractivity (Wildman–Crippen MR) is 157 cm³/mol. The number of aromatic nitrogens is 1. The van der Waals surface area contributed by atoms with Crippen LogP contribution in [0.4, 0.5) is 5.69 Å². The number of fused-ring (bicyclic) bond motifs is 1. The summed E-state index contributed by atoms with van der Waals surface area (Å²) >= 11 is 0. The van der Waals surface area contributed by atoms with Crippen molar-refractivity contribution >= 4 is 11.6 Å².